The second-order valence-electron chi connectivity index (χ2n) is 3.65. The van der Waals surface area contributed by atoms with Crippen LogP contribution in [0.4, 0.5) is 0 Å². The maximum atomic E-state index is 11.7. The van der Waals surface area contributed by atoms with Gasteiger partial charge in [-0.05, 0) is 30.2 Å². The van der Waals surface area contributed by atoms with Crippen molar-refractivity contribution in [3.05, 3.63) is 34.9 Å². The Hall–Kier alpha value is -1.84. The minimum absolute atomic E-state index is 0.0341. The van der Waals surface area contributed by atoms with Gasteiger partial charge in [0, 0.05) is 19.2 Å². The lowest BCUT2D eigenvalue weighted by Crippen LogP contribution is -2.34. The van der Waals surface area contributed by atoms with E-state index in [9.17, 15) is 9.59 Å². The molecular weight excluding hydrogens is 194 g/mol. The molecule has 4 nitrogen and oxygen atoms in total. The van der Waals surface area contributed by atoms with Gasteiger partial charge >= 0.3 is 5.97 Å². The van der Waals surface area contributed by atoms with Crippen LogP contribution in [-0.2, 0) is 6.42 Å². The predicted molar refractivity (Wildman–Crippen MR) is 54.1 cm³/mol. The highest BCUT2D eigenvalue weighted by Crippen LogP contribution is 2.19. The second-order valence-corrected chi connectivity index (χ2v) is 3.65. The molecule has 0 saturated heterocycles. The summed E-state index contributed by atoms with van der Waals surface area (Å²) < 4.78 is 0. The van der Waals surface area contributed by atoms with E-state index < -0.39 is 5.97 Å². The van der Waals surface area contributed by atoms with Crippen LogP contribution >= 0.6 is 0 Å². The molecule has 1 aliphatic rings. The summed E-state index contributed by atoms with van der Waals surface area (Å²) in [5, 5.41) is 8.81. The zero-order valence-corrected chi connectivity index (χ0v) is 8.36. The number of carboxylic acid groups (broad SMARTS) is 1. The zero-order valence-electron chi connectivity index (χ0n) is 8.36. The Kier molecular flexibility index (Phi) is 2.19. The third kappa shape index (κ3) is 1.58. The standard InChI is InChI=1S/C11H11NO3/c1-12-5-4-7-6-8(11(14)15)2-3-9(7)10(12)13/h2-3,6H,4-5H2,1H3,(H,14,15). The summed E-state index contributed by atoms with van der Waals surface area (Å²) in [6, 6.07) is 4.65. The Morgan fingerprint density at radius 3 is 2.87 bits per heavy atom. The average molecular weight is 205 g/mol. The van der Waals surface area contributed by atoms with E-state index in [2.05, 4.69) is 0 Å². The first kappa shape index (κ1) is 9.71. The minimum Gasteiger partial charge on any atom is -0.478 e. The van der Waals surface area contributed by atoms with Crippen molar-refractivity contribution in [2.45, 2.75) is 6.42 Å². The van der Waals surface area contributed by atoms with Crippen molar-refractivity contribution in [2.24, 2.45) is 0 Å². The molecular formula is C11H11NO3. The van der Waals surface area contributed by atoms with Crippen molar-refractivity contribution in [1.82, 2.24) is 4.90 Å². The molecule has 0 unspecified atom stereocenters. The number of carbonyl (C=O) groups excluding carboxylic acids is 1. The fourth-order valence-corrected chi connectivity index (χ4v) is 1.74. The van der Waals surface area contributed by atoms with Gasteiger partial charge in [0.1, 0.15) is 0 Å². The first-order valence-electron chi connectivity index (χ1n) is 4.71. The number of hydrogen-bond donors (Lipinski definition) is 1. The Morgan fingerprint density at radius 1 is 1.47 bits per heavy atom. The highest BCUT2D eigenvalue weighted by molar-refractivity contribution is 5.98. The number of fused-ring (bicyclic) bond motifs is 1. The summed E-state index contributed by atoms with van der Waals surface area (Å²) >= 11 is 0. The Balaban J connectivity index is 2.47. The van der Waals surface area contributed by atoms with E-state index in [1.165, 1.54) is 6.07 Å². The highest BCUT2D eigenvalue weighted by Gasteiger charge is 2.22. The van der Waals surface area contributed by atoms with Gasteiger partial charge < -0.3 is 10.0 Å². The van der Waals surface area contributed by atoms with E-state index in [-0.39, 0.29) is 11.5 Å². The Morgan fingerprint density at radius 2 is 2.20 bits per heavy atom. The van der Waals surface area contributed by atoms with Crippen LogP contribution < -0.4 is 0 Å². The topological polar surface area (TPSA) is 57.6 Å². The molecule has 0 aromatic heterocycles. The lowest BCUT2D eigenvalue weighted by Gasteiger charge is -2.24. The van der Waals surface area contributed by atoms with Crippen molar-refractivity contribution >= 4 is 11.9 Å². The summed E-state index contributed by atoms with van der Waals surface area (Å²) in [5.74, 6) is -0.989. The van der Waals surface area contributed by atoms with Gasteiger partial charge in [-0.3, -0.25) is 4.79 Å². The van der Waals surface area contributed by atoms with Crippen LogP contribution in [0, 0.1) is 0 Å². The molecule has 0 atom stereocenters. The molecule has 1 heterocycles. The Labute approximate surface area is 87.1 Å². The van der Waals surface area contributed by atoms with Gasteiger partial charge in [0.15, 0.2) is 0 Å². The average Bonchev–Trinajstić information content (AvgIpc) is 2.23. The molecule has 0 spiro atoms. The van der Waals surface area contributed by atoms with Gasteiger partial charge in [-0.2, -0.15) is 0 Å². The van der Waals surface area contributed by atoms with Crippen molar-refractivity contribution in [1.29, 1.82) is 0 Å². The molecule has 2 rings (SSSR count). The third-order valence-electron chi connectivity index (χ3n) is 2.65. The fraction of sp³-hybridized carbons (Fsp3) is 0.273. The summed E-state index contributed by atoms with van der Waals surface area (Å²) in [7, 11) is 1.75. The van der Waals surface area contributed by atoms with Gasteiger partial charge in [0.25, 0.3) is 5.91 Å². The first-order chi connectivity index (χ1) is 7.09. The van der Waals surface area contributed by atoms with E-state index in [1.54, 1.807) is 24.1 Å². The molecule has 0 fully saturated rings. The van der Waals surface area contributed by atoms with E-state index in [0.29, 0.717) is 12.1 Å². The molecule has 0 saturated carbocycles. The molecule has 1 aromatic carbocycles. The van der Waals surface area contributed by atoms with Gasteiger partial charge in [-0.25, -0.2) is 4.79 Å². The number of amides is 1. The smallest absolute Gasteiger partial charge is 0.335 e. The van der Waals surface area contributed by atoms with Crippen molar-refractivity contribution in [3.63, 3.8) is 0 Å². The summed E-state index contributed by atoms with van der Waals surface area (Å²) in [6.07, 6.45) is 0.721. The van der Waals surface area contributed by atoms with Crippen LogP contribution in [0.5, 0.6) is 0 Å². The normalized spacial score (nSPS) is 15.0. The number of nitrogens with zero attached hydrogens (tertiary/aromatic N) is 1. The maximum Gasteiger partial charge on any atom is 0.335 e. The van der Waals surface area contributed by atoms with Gasteiger partial charge in [-0.1, -0.05) is 0 Å². The van der Waals surface area contributed by atoms with Gasteiger partial charge in [0.2, 0.25) is 0 Å². The number of hydrogen-bond acceptors (Lipinski definition) is 2. The largest absolute Gasteiger partial charge is 0.478 e. The molecule has 0 radical (unpaired) electrons. The maximum absolute atomic E-state index is 11.7. The van der Waals surface area contributed by atoms with Crippen molar-refractivity contribution in [2.75, 3.05) is 13.6 Å². The van der Waals surface area contributed by atoms with E-state index in [4.69, 9.17) is 5.11 Å². The van der Waals surface area contributed by atoms with Crippen LogP contribution in [0.25, 0.3) is 0 Å². The zero-order chi connectivity index (χ0) is 11.0. The molecule has 4 heteroatoms. The number of carbonyl (C=O) groups is 2. The third-order valence-corrected chi connectivity index (χ3v) is 2.65. The number of carboxylic acids is 1. The molecule has 78 valence electrons. The van der Waals surface area contributed by atoms with Gasteiger partial charge in [-0.15, -0.1) is 0 Å². The SMILES string of the molecule is CN1CCc2cc(C(=O)O)ccc2C1=O. The van der Waals surface area contributed by atoms with Gasteiger partial charge in [0.05, 0.1) is 5.56 Å². The van der Waals surface area contributed by atoms with Crippen molar-refractivity contribution in [3.8, 4) is 0 Å². The van der Waals surface area contributed by atoms with Crippen LogP contribution in [-0.4, -0.2) is 35.5 Å². The number of aromatic carboxylic acids is 1. The van der Waals surface area contributed by atoms with Crippen LogP contribution in [0.2, 0.25) is 0 Å². The first-order valence-corrected chi connectivity index (χ1v) is 4.71. The van der Waals surface area contributed by atoms with E-state index in [1.807, 2.05) is 0 Å². The predicted octanol–water partition coefficient (Wildman–Crippen LogP) is 1.01. The number of likely N-dealkylation sites (N-methyl/N-ethyl adjacent to an activating group) is 1. The molecule has 15 heavy (non-hydrogen) atoms. The molecule has 1 N–H and O–H groups in total. The summed E-state index contributed by atoms with van der Waals surface area (Å²) in [4.78, 5) is 24.1. The van der Waals surface area contributed by atoms with Crippen LogP contribution in [0.15, 0.2) is 18.2 Å². The molecule has 0 aliphatic carbocycles. The molecule has 0 bridgehead atoms. The lowest BCUT2D eigenvalue weighted by molar-refractivity contribution is 0.0694. The lowest BCUT2D eigenvalue weighted by atomic mass is 9.97. The summed E-state index contributed by atoms with van der Waals surface area (Å²) in [6.45, 7) is 0.648. The van der Waals surface area contributed by atoms with Crippen molar-refractivity contribution < 1.29 is 14.7 Å². The van der Waals surface area contributed by atoms with E-state index >= 15 is 0 Å². The second kappa shape index (κ2) is 3.38. The molecule has 1 aromatic rings. The highest BCUT2D eigenvalue weighted by atomic mass is 16.4. The molecule has 1 aliphatic heterocycles. The Bertz CT molecular complexity index is 439. The van der Waals surface area contributed by atoms with E-state index in [0.717, 1.165) is 12.0 Å². The minimum atomic E-state index is -0.954. The summed E-state index contributed by atoms with van der Waals surface area (Å²) in [5.41, 5.74) is 1.69. The van der Waals surface area contributed by atoms with Crippen LogP contribution in [0.3, 0.4) is 0 Å². The number of rotatable bonds is 1. The quantitative estimate of drug-likeness (QED) is 0.744. The molecule has 1 amide bonds. The monoisotopic (exact) mass is 205 g/mol. The number of benzene rings is 1. The van der Waals surface area contributed by atoms with Crippen LogP contribution in [0.1, 0.15) is 26.3 Å². The fourth-order valence-electron chi connectivity index (χ4n) is 1.74.